The van der Waals surface area contributed by atoms with Gasteiger partial charge in [-0.15, -0.1) is 12.4 Å². The Labute approximate surface area is 134 Å². The number of halogens is 1. The molecule has 1 aromatic carbocycles. The van der Waals surface area contributed by atoms with Gasteiger partial charge in [-0.2, -0.15) is 0 Å². The molecular formula is C15H20ClN3O3. The van der Waals surface area contributed by atoms with Gasteiger partial charge in [0.15, 0.2) is 0 Å². The Hall–Kier alpha value is -2.05. The molecule has 1 heterocycles. The molecule has 0 aliphatic rings. The van der Waals surface area contributed by atoms with E-state index >= 15 is 0 Å². The molecule has 1 atom stereocenters. The molecule has 0 radical (unpaired) electrons. The summed E-state index contributed by atoms with van der Waals surface area (Å²) in [6.07, 6.45) is 2.45. The van der Waals surface area contributed by atoms with E-state index < -0.39 is 6.04 Å². The van der Waals surface area contributed by atoms with Gasteiger partial charge in [0.05, 0.1) is 19.6 Å². The van der Waals surface area contributed by atoms with Crippen molar-refractivity contribution in [1.29, 1.82) is 0 Å². The Bertz CT molecular complexity index is 642. The lowest BCUT2D eigenvalue weighted by Crippen LogP contribution is -2.42. The van der Waals surface area contributed by atoms with Crippen LogP contribution in [-0.4, -0.2) is 36.6 Å². The number of hydrogen-bond donors (Lipinski definition) is 3. The predicted octanol–water partition coefficient (Wildman–Crippen LogP) is 1.14. The first-order valence-corrected chi connectivity index (χ1v) is 6.77. The van der Waals surface area contributed by atoms with Crippen LogP contribution in [0.2, 0.25) is 0 Å². The number of benzene rings is 1. The number of aromatic amines is 1. The van der Waals surface area contributed by atoms with Gasteiger partial charge in [-0.1, -0.05) is 18.2 Å². The fourth-order valence-corrected chi connectivity index (χ4v) is 2.15. The highest BCUT2D eigenvalue weighted by atomic mass is 35.5. The van der Waals surface area contributed by atoms with E-state index in [2.05, 4.69) is 15.0 Å². The molecule has 2 aromatic rings. The summed E-state index contributed by atoms with van der Waals surface area (Å²) in [5, 5.41) is 3.70. The van der Waals surface area contributed by atoms with Gasteiger partial charge < -0.3 is 20.8 Å². The number of amides is 1. The van der Waals surface area contributed by atoms with Crippen molar-refractivity contribution in [2.24, 2.45) is 5.73 Å². The summed E-state index contributed by atoms with van der Waals surface area (Å²) in [7, 11) is 1.31. The van der Waals surface area contributed by atoms with Crippen LogP contribution in [0.5, 0.6) is 0 Å². The molecule has 0 unspecified atom stereocenters. The number of ether oxygens (including phenoxy) is 1. The van der Waals surface area contributed by atoms with E-state index in [9.17, 15) is 9.59 Å². The minimum atomic E-state index is -0.651. The third-order valence-electron chi connectivity index (χ3n) is 3.31. The van der Waals surface area contributed by atoms with Gasteiger partial charge in [0.2, 0.25) is 5.91 Å². The first kappa shape index (κ1) is 18.0. The van der Waals surface area contributed by atoms with Crippen molar-refractivity contribution in [2.45, 2.75) is 18.9 Å². The van der Waals surface area contributed by atoms with Crippen molar-refractivity contribution >= 4 is 35.2 Å². The van der Waals surface area contributed by atoms with Crippen LogP contribution in [0.1, 0.15) is 12.0 Å². The number of esters is 1. The third kappa shape index (κ3) is 4.47. The van der Waals surface area contributed by atoms with Crippen LogP contribution in [0.25, 0.3) is 10.9 Å². The first-order chi connectivity index (χ1) is 10.1. The van der Waals surface area contributed by atoms with E-state index in [4.69, 9.17) is 5.73 Å². The summed E-state index contributed by atoms with van der Waals surface area (Å²) in [5.74, 6) is -0.635. The van der Waals surface area contributed by atoms with Gasteiger partial charge >= 0.3 is 5.97 Å². The Morgan fingerprint density at radius 1 is 1.36 bits per heavy atom. The Morgan fingerprint density at radius 3 is 2.82 bits per heavy atom. The van der Waals surface area contributed by atoms with Crippen molar-refractivity contribution in [1.82, 2.24) is 10.3 Å². The average Bonchev–Trinajstić information content (AvgIpc) is 2.90. The van der Waals surface area contributed by atoms with Crippen LogP contribution in [0.15, 0.2) is 30.5 Å². The largest absolute Gasteiger partial charge is 0.469 e. The number of H-pyrrole nitrogens is 1. The standard InChI is InChI=1S/C15H19N3O3.ClH/c1-21-14(19)6-7-17-15(20)12(16)8-10-9-18-13-5-3-2-4-11(10)13;/h2-5,9,12,18H,6-8,16H2,1H3,(H,17,20);1H/t12-;/m0./s1. The van der Waals surface area contributed by atoms with Crippen molar-refractivity contribution in [3.05, 3.63) is 36.0 Å². The summed E-state index contributed by atoms with van der Waals surface area (Å²) < 4.78 is 4.50. The Kier molecular flexibility index (Phi) is 6.88. The van der Waals surface area contributed by atoms with Gasteiger partial charge in [0.1, 0.15) is 0 Å². The normalized spacial score (nSPS) is 11.5. The molecule has 2 rings (SSSR count). The van der Waals surface area contributed by atoms with Crippen LogP contribution >= 0.6 is 12.4 Å². The molecule has 6 nitrogen and oxygen atoms in total. The molecule has 0 aliphatic carbocycles. The summed E-state index contributed by atoms with van der Waals surface area (Å²) >= 11 is 0. The molecule has 1 amide bonds. The summed E-state index contributed by atoms with van der Waals surface area (Å²) in [5.41, 5.74) is 7.93. The van der Waals surface area contributed by atoms with Crippen molar-refractivity contribution in [3.8, 4) is 0 Å². The van der Waals surface area contributed by atoms with Gasteiger partial charge in [0.25, 0.3) is 0 Å². The molecule has 0 spiro atoms. The molecule has 0 aliphatic heterocycles. The van der Waals surface area contributed by atoms with Crippen LogP contribution in [-0.2, 0) is 20.7 Å². The molecule has 0 saturated carbocycles. The molecule has 22 heavy (non-hydrogen) atoms. The van der Waals surface area contributed by atoms with Crippen molar-refractivity contribution < 1.29 is 14.3 Å². The van der Waals surface area contributed by atoms with Crippen LogP contribution < -0.4 is 11.1 Å². The first-order valence-electron chi connectivity index (χ1n) is 6.77. The fourth-order valence-electron chi connectivity index (χ4n) is 2.15. The quantitative estimate of drug-likeness (QED) is 0.694. The second-order valence-corrected chi connectivity index (χ2v) is 4.79. The zero-order valence-electron chi connectivity index (χ0n) is 12.3. The zero-order chi connectivity index (χ0) is 15.2. The topological polar surface area (TPSA) is 97.2 Å². The van der Waals surface area contributed by atoms with Crippen LogP contribution in [0.3, 0.4) is 0 Å². The molecular weight excluding hydrogens is 306 g/mol. The number of aromatic nitrogens is 1. The SMILES string of the molecule is COC(=O)CCNC(=O)[C@@H](N)Cc1c[nH]c2ccccc12.Cl. The van der Waals surface area contributed by atoms with E-state index in [0.29, 0.717) is 6.42 Å². The number of rotatable bonds is 6. The lowest BCUT2D eigenvalue weighted by Gasteiger charge is -2.11. The molecule has 0 bridgehead atoms. The summed E-state index contributed by atoms with van der Waals surface area (Å²) in [6, 6.07) is 7.20. The third-order valence-corrected chi connectivity index (χ3v) is 3.31. The average molecular weight is 326 g/mol. The predicted molar refractivity (Wildman–Crippen MR) is 86.9 cm³/mol. The minimum absolute atomic E-state index is 0. The number of hydrogen-bond acceptors (Lipinski definition) is 4. The smallest absolute Gasteiger partial charge is 0.307 e. The summed E-state index contributed by atoms with van der Waals surface area (Å²) in [6.45, 7) is 0.229. The Balaban J connectivity index is 0.00000242. The molecule has 1 aromatic heterocycles. The lowest BCUT2D eigenvalue weighted by atomic mass is 10.1. The summed E-state index contributed by atoms with van der Waals surface area (Å²) in [4.78, 5) is 26.0. The number of nitrogens with two attached hydrogens (primary N) is 1. The van der Waals surface area contributed by atoms with Gasteiger partial charge in [0, 0.05) is 23.6 Å². The number of methoxy groups -OCH3 is 1. The maximum Gasteiger partial charge on any atom is 0.307 e. The number of fused-ring (bicyclic) bond motifs is 1. The Morgan fingerprint density at radius 2 is 2.09 bits per heavy atom. The maximum atomic E-state index is 11.9. The van der Waals surface area contributed by atoms with E-state index in [1.165, 1.54) is 7.11 Å². The number of nitrogens with one attached hydrogen (secondary N) is 2. The molecule has 0 saturated heterocycles. The van der Waals surface area contributed by atoms with E-state index in [-0.39, 0.29) is 37.2 Å². The highest BCUT2D eigenvalue weighted by Gasteiger charge is 2.16. The molecule has 7 heteroatoms. The van der Waals surface area contributed by atoms with Crippen molar-refractivity contribution in [3.63, 3.8) is 0 Å². The number of carbonyl (C=O) groups excluding carboxylic acids is 2. The van der Waals surface area contributed by atoms with Crippen LogP contribution in [0, 0.1) is 0 Å². The minimum Gasteiger partial charge on any atom is -0.469 e. The number of carbonyl (C=O) groups is 2. The molecule has 0 fully saturated rings. The van der Waals surface area contributed by atoms with E-state index in [0.717, 1.165) is 16.5 Å². The number of para-hydroxylation sites is 1. The highest BCUT2D eigenvalue weighted by Crippen LogP contribution is 2.18. The van der Waals surface area contributed by atoms with Crippen LogP contribution in [0.4, 0.5) is 0 Å². The monoisotopic (exact) mass is 325 g/mol. The second kappa shape index (κ2) is 8.41. The zero-order valence-corrected chi connectivity index (χ0v) is 13.1. The fraction of sp³-hybridized carbons (Fsp3) is 0.333. The van der Waals surface area contributed by atoms with E-state index in [1.54, 1.807) is 0 Å². The molecule has 120 valence electrons. The van der Waals surface area contributed by atoms with E-state index in [1.807, 2.05) is 30.5 Å². The highest BCUT2D eigenvalue weighted by molar-refractivity contribution is 5.86. The van der Waals surface area contributed by atoms with Gasteiger partial charge in [-0.05, 0) is 18.1 Å². The van der Waals surface area contributed by atoms with Crippen molar-refractivity contribution in [2.75, 3.05) is 13.7 Å². The van der Waals surface area contributed by atoms with Gasteiger partial charge in [-0.3, -0.25) is 9.59 Å². The maximum absolute atomic E-state index is 11.9. The van der Waals surface area contributed by atoms with Gasteiger partial charge in [-0.25, -0.2) is 0 Å². The lowest BCUT2D eigenvalue weighted by molar-refractivity contribution is -0.140. The second-order valence-electron chi connectivity index (χ2n) is 4.79. The molecule has 4 N–H and O–H groups in total.